The fourth-order valence-electron chi connectivity index (χ4n) is 3.46. The number of ether oxygens (including phenoxy) is 1. The minimum absolute atomic E-state index is 0.289. The number of thioether (sulfide) groups is 1. The van der Waals surface area contributed by atoms with Gasteiger partial charge in [-0.05, 0) is 36.6 Å². The number of esters is 1. The summed E-state index contributed by atoms with van der Waals surface area (Å²) >= 11 is 2.91. The van der Waals surface area contributed by atoms with Gasteiger partial charge in [0, 0.05) is 12.3 Å². The first-order chi connectivity index (χ1) is 15.4. The van der Waals surface area contributed by atoms with Gasteiger partial charge in [0.2, 0.25) is 0 Å². The van der Waals surface area contributed by atoms with Crippen molar-refractivity contribution in [1.29, 1.82) is 0 Å². The third-order valence-corrected chi connectivity index (χ3v) is 6.65. The monoisotopic (exact) mass is 469 g/mol. The maximum atomic E-state index is 12.7. The van der Waals surface area contributed by atoms with Gasteiger partial charge >= 0.3 is 5.97 Å². The van der Waals surface area contributed by atoms with Crippen molar-refractivity contribution in [2.24, 2.45) is 4.99 Å². The number of rotatable bonds is 6. The van der Waals surface area contributed by atoms with E-state index in [2.05, 4.69) is 4.99 Å². The van der Waals surface area contributed by atoms with Crippen LogP contribution in [0.5, 0.6) is 0 Å². The molecule has 3 aromatic rings. The van der Waals surface area contributed by atoms with Crippen molar-refractivity contribution in [3.05, 3.63) is 64.0 Å². The van der Waals surface area contributed by atoms with Gasteiger partial charge in [-0.1, -0.05) is 23.5 Å². The number of benzene rings is 2. The number of fused-ring (bicyclic) bond motifs is 2. The topological polar surface area (TPSA) is 98.0 Å². The maximum Gasteiger partial charge on any atom is 0.337 e. The fraction of sp³-hybridized carbons (Fsp3) is 0.227. The van der Waals surface area contributed by atoms with E-state index < -0.39 is 30.2 Å². The van der Waals surface area contributed by atoms with E-state index in [9.17, 15) is 19.2 Å². The lowest BCUT2D eigenvalue weighted by Gasteiger charge is -2.10. The van der Waals surface area contributed by atoms with Crippen LogP contribution in [0.3, 0.4) is 0 Å². The Labute approximate surface area is 191 Å². The third kappa shape index (κ3) is 3.98. The van der Waals surface area contributed by atoms with Crippen molar-refractivity contribution in [3.8, 4) is 0 Å². The quantitative estimate of drug-likeness (QED) is 0.407. The van der Waals surface area contributed by atoms with Gasteiger partial charge in [-0.15, -0.1) is 0 Å². The van der Waals surface area contributed by atoms with Gasteiger partial charge in [-0.2, -0.15) is 16.8 Å². The van der Waals surface area contributed by atoms with Gasteiger partial charge in [0.1, 0.15) is 6.54 Å². The van der Waals surface area contributed by atoms with Gasteiger partial charge in [-0.3, -0.25) is 19.3 Å². The Morgan fingerprint density at radius 3 is 2.41 bits per heavy atom. The average Bonchev–Trinajstić information content (AvgIpc) is 3.26. The predicted octanol–water partition coefficient (Wildman–Crippen LogP) is 2.58. The highest BCUT2D eigenvalue weighted by Gasteiger charge is 2.36. The second-order valence-corrected chi connectivity index (χ2v) is 8.95. The molecule has 0 saturated carbocycles. The van der Waals surface area contributed by atoms with Crippen molar-refractivity contribution in [2.75, 3.05) is 25.7 Å². The van der Waals surface area contributed by atoms with Gasteiger partial charge in [0.15, 0.2) is 4.80 Å². The maximum absolute atomic E-state index is 12.7. The van der Waals surface area contributed by atoms with Crippen LogP contribution in [0.2, 0.25) is 0 Å². The van der Waals surface area contributed by atoms with Crippen molar-refractivity contribution < 1.29 is 23.9 Å². The summed E-state index contributed by atoms with van der Waals surface area (Å²) < 4.78 is 7.46. The van der Waals surface area contributed by atoms with Crippen LogP contribution in [0.1, 0.15) is 31.1 Å². The lowest BCUT2D eigenvalue weighted by molar-refractivity contribution is -0.118. The molecule has 0 saturated heterocycles. The van der Waals surface area contributed by atoms with Crippen LogP contribution in [0, 0.1) is 0 Å². The molecule has 10 heteroatoms. The molecule has 0 radical (unpaired) electrons. The van der Waals surface area contributed by atoms with Crippen molar-refractivity contribution in [1.82, 2.24) is 9.47 Å². The van der Waals surface area contributed by atoms with E-state index >= 15 is 0 Å². The summed E-state index contributed by atoms with van der Waals surface area (Å²) in [6.45, 7) is 0.175. The smallest absolute Gasteiger partial charge is 0.337 e. The number of methoxy groups -OCH3 is 1. The highest BCUT2D eigenvalue weighted by atomic mass is 32.2. The Morgan fingerprint density at radius 2 is 1.78 bits per heavy atom. The molecular formula is C22H19N3O5S2. The van der Waals surface area contributed by atoms with Gasteiger partial charge < -0.3 is 9.30 Å². The normalized spacial score (nSPS) is 13.7. The number of thiazole rings is 1. The molecule has 2 aromatic carbocycles. The average molecular weight is 470 g/mol. The molecule has 0 atom stereocenters. The third-order valence-electron chi connectivity index (χ3n) is 5.01. The van der Waals surface area contributed by atoms with Crippen LogP contribution >= 0.6 is 23.1 Å². The summed E-state index contributed by atoms with van der Waals surface area (Å²) in [5.41, 5.74) is 1.82. The SMILES string of the molecule is COC(=O)c1ccc2c(c1)sc(=NC(=O)CN1C(=O)c3ccccc3C1=O)n2CCSC. The molecule has 1 aromatic heterocycles. The standard InChI is InChI=1S/C22H19N3O5S2/c1-30-21(29)13-7-8-16-17(11-13)32-22(24(16)9-10-31-2)23-18(26)12-25-19(27)14-5-3-4-6-15(14)20(25)28/h3-8,11H,9-10,12H2,1-2H3. The molecule has 32 heavy (non-hydrogen) atoms. The zero-order chi connectivity index (χ0) is 22.8. The molecule has 1 aliphatic rings. The highest BCUT2D eigenvalue weighted by molar-refractivity contribution is 7.98. The molecule has 0 aliphatic carbocycles. The van der Waals surface area contributed by atoms with Gasteiger partial charge in [-0.25, -0.2) is 4.79 Å². The molecular weight excluding hydrogens is 450 g/mol. The summed E-state index contributed by atoms with van der Waals surface area (Å²) in [6, 6.07) is 11.7. The minimum Gasteiger partial charge on any atom is -0.465 e. The molecule has 0 spiro atoms. The first kappa shape index (κ1) is 22.0. The Morgan fingerprint density at radius 1 is 1.09 bits per heavy atom. The van der Waals surface area contributed by atoms with Crippen LogP contribution in [0.25, 0.3) is 10.2 Å². The minimum atomic E-state index is -0.600. The predicted molar refractivity (Wildman–Crippen MR) is 122 cm³/mol. The number of amides is 3. The molecule has 1 aliphatic heterocycles. The second kappa shape index (κ2) is 9.09. The lowest BCUT2D eigenvalue weighted by atomic mass is 10.1. The molecule has 2 heterocycles. The Kier molecular flexibility index (Phi) is 6.24. The molecule has 0 fully saturated rings. The van der Waals surface area contributed by atoms with Crippen LogP contribution < -0.4 is 4.80 Å². The van der Waals surface area contributed by atoms with E-state index in [4.69, 9.17) is 4.74 Å². The summed E-state index contributed by atoms with van der Waals surface area (Å²) in [5, 5.41) is 0. The Balaban J connectivity index is 1.68. The number of hydrogen-bond acceptors (Lipinski definition) is 7. The number of imide groups is 1. The highest BCUT2D eigenvalue weighted by Crippen LogP contribution is 2.23. The number of carbonyl (C=O) groups excluding carboxylic acids is 4. The van der Waals surface area contributed by atoms with E-state index in [1.165, 1.54) is 18.4 Å². The van der Waals surface area contributed by atoms with Crippen LogP contribution in [-0.2, 0) is 16.1 Å². The first-order valence-electron chi connectivity index (χ1n) is 9.68. The molecule has 0 unspecified atom stereocenters. The second-order valence-electron chi connectivity index (χ2n) is 6.95. The Bertz CT molecular complexity index is 1290. The van der Waals surface area contributed by atoms with Gasteiger partial charge in [0.05, 0.1) is 34.0 Å². The molecule has 4 rings (SSSR count). The number of aromatic nitrogens is 1. The van der Waals surface area contributed by atoms with E-state index in [1.807, 2.05) is 10.8 Å². The van der Waals surface area contributed by atoms with E-state index in [0.717, 1.165) is 20.9 Å². The first-order valence-corrected chi connectivity index (χ1v) is 11.9. The molecule has 8 nitrogen and oxygen atoms in total. The summed E-state index contributed by atoms with van der Waals surface area (Å²) in [4.78, 5) is 55.3. The number of carbonyl (C=O) groups is 4. The number of hydrogen-bond donors (Lipinski definition) is 0. The van der Waals surface area contributed by atoms with Crippen LogP contribution in [0.4, 0.5) is 0 Å². The molecule has 0 bridgehead atoms. The van der Waals surface area contributed by atoms with Crippen LogP contribution in [-0.4, -0.2) is 58.8 Å². The van der Waals surface area contributed by atoms with Crippen molar-refractivity contribution >= 4 is 57.0 Å². The summed E-state index contributed by atoms with van der Waals surface area (Å²) in [6.07, 6.45) is 1.98. The molecule has 3 amide bonds. The zero-order valence-electron chi connectivity index (χ0n) is 17.4. The molecule has 0 N–H and O–H groups in total. The van der Waals surface area contributed by atoms with Crippen LogP contribution in [0.15, 0.2) is 47.5 Å². The van der Waals surface area contributed by atoms with E-state index in [-0.39, 0.29) is 11.1 Å². The summed E-state index contributed by atoms with van der Waals surface area (Å²) in [7, 11) is 1.32. The van der Waals surface area contributed by atoms with Crippen molar-refractivity contribution in [2.45, 2.75) is 6.54 Å². The van der Waals surface area contributed by atoms with E-state index in [0.29, 0.717) is 16.9 Å². The lowest BCUT2D eigenvalue weighted by Crippen LogP contribution is -2.35. The summed E-state index contributed by atoms with van der Waals surface area (Å²) in [5.74, 6) is -1.25. The Hall–Kier alpha value is -3.24. The number of nitrogens with zero attached hydrogens (tertiary/aromatic N) is 3. The van der Waals surface area contributed by atoms with Crippen molar-refractivity contribution in [3.63, 3.8) is 0 Å². The number of aryl methyl sites for hydroxylation is 1. The zero-order valence-corrected chi connectivity index (χ0v) is 19.0. The van der Waals surface area contributed by atoms with E-state index in [1.54, 1.807) is 54.2 Å². The van der Waals surface area contributed by atoms with Gasteiger partial charge in [0.25, 0.3) is 17.7 Å². The fourth-order valence-corrected chi connectivity index (χ4v) is 4.94. The molecule has 164 valence electrons. The largest absolute Gasteiger partial charge is 0.465 e.